The molecule has 2 amide bonds. The molecule has 4 aromatic carbocycles. The fourth-order valence-electron chi connectivity index (χ4n) is 4.96. The molecule has 1 N–H and O–H groups in total. The molecular weight excluding hydrogens is 611 g/mol. The monoisotopic (exact) mass is 656 g/mol. The second-order valence-corrected chi connectivity index (χ2v) is 13.9. The highest BCUT2D eigenvalue weighted by atomic mass is 31.2. The molecule has 0 aliphatic heterocycles. The molecule has 0 aromatic heterocycles. The average Bonchev–Trinajstić information content (AvgIpc) is 3.07. The molecule has 0 aliphatic rings. The van der Waals surface area contributed by atoms with Crippen LogP contribution in [-0.4, -0.2) is 42.4 Å². The Morgan fingerprint density at radius 2 is 1.26 bits per heavy atom. The molecule has 0 bridgehead atoms. The van der Waals surface area contributed by atoms with Crippen molar-refractivity contribution in [3.63, 3.8) is 0 Å². The predicted molar refractivity (Wildman–Crippen MR) is 186 cm³/mol. The lowest BCUT2D eigenvalue weighted by Crippen LogP contribution is -2.50. The molecule has 0 radical (unpaired) electrons. The molecule has 9 heteroatoms. The van der Waals surface area contributed by atoms with Crippen molar-refractivity contribution in [2.45, 2.75) is 53.4 Å². The SMILES string of the molecule is CCOC(=O)[C@H](Cc1ccc(-c2ccc(C)cc2)cc1)NC(=O)N(CC(C)C)CP(=O)(OCc1ccccc1)OCc1ccccc1. The van der Waals surface area contributed by atoms with Gasteiger partial charge in [0.15, 0.2) is 0 Å². The quantitative estimate of drug-likeness (QED) is 0.0962. The van der Waals surface area contributed by atoms with Crippen molar-refractivity contribution in [2.24, 2.45) is 5.92 Å². The molecule has 0 aliphatic carbocycles. The first kappa shape index (κ1) is 35.6. The van der Waals surface area contributed by atoms with E-state index in [1.54, 1.807) is 6.92 Å². The van der Waals surface area contributed by atoms with E-state index in [4.69, 9.17) is 13.8 Å². The van der Waals surface area contributed by atoms with Crippen molar-refractivity contribution in [1.29, 1.82) is 0 Å². The first-order valence-corrected chi connectivity index (χ1v) is 17.7. The highest BCUT2D eigenvalue weighted by molar-refractivity contribution is 7.53. The van der Waals surface area contributed by atoms with Gasteiger partial charge in [-0.2, -0.15) is 0 Å². The number of rotatable bonds is 16. The van der Waals surface area contributed by atoms with Crippen LogP contribution >= 0.6 is 7.60 Å². The van der Waals surface area contributed by atoms with Crippen molar-refractivity contribution in [3.05, 3.63) is 131 Å². The van der Waals surface area contributed by atoms with E-state index in [1.807, 2.05) is 106 Å². The number of esters is 1. The number of nitrogens with zero attached hydrogens (tertiary/aromatic N) is 1. The van der Waals surface area contributed by atoms with Crippen molar-refractivity contribution >= 4 is 19.6 Å². The maximum absolute atomic E-state index is 14.3. The van der Waals surface area contributed by atoms with E-state index in [0.717, 1.165) is 27.8 Å². The number of hydrogen-bond acceptors (Lipinski definition) is 6. The van der Waals surface area contributed by atoms with Gasteiger partial charge in [0.2, 0.25) is 0 Å². The average molecular weight is 657 g/mol. The maximum atomic E-state index is 14.3. The van der Waals surface area contributed by atoms with E-state index < -0.39 is 25.6 Å². The number of amides is 2. The number of hydrogen-bond donors (Lipinski definition) is 1. The molecule has 47 heavy (non-hydrogen) atoms. The van der Waals surface area contributed by atoms with Crippen LogP contribution in [0, 0.1) is 12.8 Å². The minimum atomic E-state index is -3.85. The number of ether oxygens (including phenoxy) is 1. The predicted octanol–water partition coefficient (Wildman–Crippen LogP) is 8.39. The van der Waals surface area contributed by atoms with E-state index in [1.165, 1.54) is 10.5 Å². The lowest BCUT2D eigenvalue weighted by molar-refractivity contribution is -0.145. The Balaban J connectivity index is 1.52. The molecular formula is C38H45N2O6P. The summed E-state index contributed by atoms with van der Waals surface area (Å²) < 4.78 is 31.5. The first-order chi connectivity index (χ1) is 22.6. The largest absolute Gasteiger partial charge is 0.464 e. The number of carbonyl (C=O) groups is 2. The third-order valence-corrected chi connectivity index (χ3v) is 9.14. The number of aryl methyl sites for hydroxylation is 1. The summed E-state index contributed by atoms with van der Waals surface area (Å²) in [6.07, 6.45) is -0.0710. The van der Waals surface area contributed by atoms with E-state index in [0.29, 0.717) is 0 Å². The van der Waals surface area contributed by atoms with Crippen molar-refractivity contribution in [1.82, 2.24) is 10.2 Å². The molecule has 1 atom stereocenters. The maximum Gasteiger partial charge on any atom is 0.350 e. The van der Waals surface area contributed by atoms with Crippen molar-refractivity contribution in [2.75, 3.05) is 19.4 Å². The molecule has 0 unspecified atom stereocenters. The summed E-state index contributed by atoms with van der Waals surface area (Å²) in [6, 6.07) is 33.4. The number of benzene rings is 4. The summed E-state index contributed by atoms with van der Waals surface area (Å²) >= 11 is 0. The fraction of sp³-hybridized carbons (Fsp3) is 0.316. The highest BCUT2D eigenvalue weighted by Gasteiger charge is 2.33. The van der Waals surface area contributed by atoms with E-state index >= 15 is 0 Å². The van der Waals surface area contributed by atoms with Crippen LogP contribution in [0.1, 0.15) is 43.0 Å². The number of urea groups is 1. The molecule has 248 valence electrons. The zero-order valence-electron chi connectivity index (χ0n) is 27.6. The van der Waals surface area contributed by atoms with Gasteiger partial charge < -0.3 is 24.0 Å². The Morgan fingerprint density at radius 3 is 1.74 bits per heavy atom. The number of nitrogens with one attached hydrogen (secondary N) is 1. The molecule has 4 rings (SSSR count). The number of carbonyl (C=O) groups excluding carboxylic acids is 2. The standard InChI is InChI=1S/C38H45N2O6P/c1-5-44-37(41)36(24-31-18-22-35(23-19-31)34-20-16-30(4)17-21-34)39-38(42)40(25-29(2)3)28-47(43,45-26-32-12-8-6-9-13-32)46-27-33-14-10-7-11-15-33/h6-23,29,36H,5,24-28H2,1-4H3,(H,39,42)/t36-/m0/s1. The highest BCUT2D eigenvalue weighted by Crippen LogP contribution is 2.50. The Kier molecular flexibility index (Phi) is 13.4. The molecule has 0 saturated heterocycles. The first-order valence-electron chi connectivity index (χ1n) is 16.0. The summed E-state index contributed by atoms with van der Waals surface area (Å²) in [4.78, 5) is 28.4. The van der Waals surface area contributed by atoms with Gasteiger partial charge >= 0.3 is 19.6 Å². The van der Waals surface area contributed by atoms with Gasteiger partial charge in [0, 0.05) is 13.0 Å². The lowest BCUT2D eigenvalue weighted by atomic mass is 10.00. The summed E-state index contributed by atoms with van der Waals surface area (Å²) in [5.74, 6) is -0.510. The Labute approximate surface area is 278 Å². The third-order valence-electron chi connectivity index (χ3n) is 7.41. The molecule has 4 aromatic rings. The lowest BCUT2D eigenvalue weighted by Gasteiger charge is -2.30. The van der Waals surface area contributed by atoms with Crippen LogP contribution in [0.5, 0.6) is 0 Å². The van der Waals surface area contributed by atoms with Gasteiger partial charge in [0.05, 0.1) is 19.8 Å². The van der Waals surface area contributed by atoms with Gasteiger partial charge in [-0.25, -0.2) is 9.59 Å². The Hall–Kier alpha value is -4.23. The van der Waals surface area contributed by atoms with E-state index in [-0.39, 0.29) is 45.0 Å². The van der Waals surface area contributed by atoms with Crippen LogP contribution in [0.3, 0.4) is 0 Å². The minimum absolute atomic E-state index is 0.0350. The van der Waals surface area contributed by atoms with Crippen LogP contribution in [0.15, 0.2) is 109 Å². The van der Waals surface area contributed by atoms with Gasteiger partial charge in [-0.3, -0.25) is 4.57 Å². The summed E-state index contributed by atoms with van der Waals surface area (Å²) in [7, 11) is -3.85. The van der Waals surface area contributed by atoms with E-state index in [9.17, 15) is 14.2 Å². The van der Waals surface area contributed by atoms with Gasteiger partial charge in [-0.1, -0.05) is 129 Å². The van der Waals surface area contributed by atoms with Gasteiger partial charge in [-0.15, -0.1) is 0 Å². The molecule has 0 spiro atoms. The normalized spacial score (nSPS) is 12.0. The van der Waals surface area contributed by atoms with Crippen molar-refractivity contribution < 1.29 is 27.9 Å². The molecule has 0 saturated carbocycles. The minimum Gasteiger partial charge on any atom is -0.464 e. The Morgan fingerprint density at radius 1 is 0.745 bits per heavy atom. The van der Waals surface area contributed by atoms with E-state index in [2.05, 4.69) is 29.6 Å². The molecule has 0 heterocycles. The summed E-state index contributed by atoms with van der Waals surface area (Å²) in [6.45, 7) is 8.22. The van der Waals surface area contributed by atoms with Gasteiger partial charge in [0.1, 0.15) is 12.3 Å². The van der Waals surface area contributed by atoms with Crippen LogP contribution in [0.2, 0.25) is 0 Å². The summed E-state index contributed by atoms with van der Waals surface area (Å²) in [5.41, 5.74) is 5.84. The topological polar surface area (TPSA) is 94.2 Å². The van der Waals surface area contributed by atoms with Gasteiger partial charge in [-0.05, 0) is 47.6 Å². The van der Waals surface area contributed by atoms with Crippen molar-refractivity contribution in [3.8, 4) is 11.1 Å². The van der Waals surface area contributed by atoms with Crippen LogP contribution in [0.25, 0.3) is 11.1 Å². The fourth-order valence-corrected chi connectivity index (χ4v) is 6.55. The third kappa shape index (κ3) is 11.5. The van der Waals surface area contributed by atoms with Gasteiger partial charge in [0.25, 0.3) is 0 Å². The summed E-state index contributed by atoms with van der Waals surface area (Å²) in [5, 5.41) is 2.86. The van der Waals surface area contributed by atoms with Crippen LogP contribution in [0.4, 0.5) is 4.79 Å². The molecule has 0 fully saturated rings. The zero-order valence-corrected chi connectivity index (χ0v) is 28.5. The van der Waals surface area contributed by atoms with Crippen LogP contribution < -0.4 is 5.32 Å². The zero-order chi connectivity index (χ0) is 33.6. The second kappa shape index (κ2) is 17.6. The molecule has 8 nitrogen and oxygen atoms in total. The Bertz CT molecular complexity index is 1550. The van der Waals surface area contributed by atoms with Crippen LogP contribution in [-0.2, 0) is 42.8 Å². The smallest absolute Gasteiger partial charge is 0.350 e. The second-order valence-electron chi connectivity index (χ2n) is 11.9.